The SMILES string of the molecule is COc1ccc(Cl)cc1C(=O)N1CCOC(c2nncn2C)C1. The molecule has 1 atom stereocenters. The summed E-state index contributed by atoms with van der Waals surface area (Å²) in [5.41, 5.74) is 0.443. The minimum Gasteiger partial charge on any atom is -0.496 e. The van der Waals surface area contributed by atoms with Crippen molar-refractivity contribution >= 4 is 17.5 Å². The number of methoxy groups -OCH3 is 1. The summed E-state index contributed by atoms with van der Waals surface area (Å²) in [6.45, 7) is 1.34. The molecule has 2 aromatic rings. The van der Waals surface area contributed by atoms with E-state index in [1.165, 1.54) is 7.11 Å². The first-order valence-electron chi connectivity index (χ1n) is 7.18. The van der Waals surface area contributed by atoms with Crippen molar-refractivity contribution in [3.8, 4) is 5.75 Å². The number of aromatic nitrogens is 3. The predicted octanol–water partition coefficient (Wildman–Crippen LogP) is 1.69. The van der Waals surface area contributed by atoms with Gasteiger partial charge in [0.15, 0.2) is 5.82 Å². The van der Waals surface area contributed by atoms with Gasteiger partial charge in [0.2, 0.25) is 0 Å². The number of ether oxygens (including phenoxy) is 2. The van der Waals surface area contributed by atoms with E-state index in [2.05, 4.69) is 10.2 Å². The first-order valence-corrected chi connectivity index (χ1v) is 7.56. The molecule has 0 spiro atoms. The number of nitrogens with zero attached hydrogens (tertiary/aromatic N) is 4. The molecule has 3 rings (SSSR count). The Morgan fingerprint density at radius 2 is 2.30 bits per heavy atom. The van der Waals surface area contributed by atoms with Gasteiger partial charge in [-0.05, 0) is 18.2 Å². The van der Waals surface area contributed by atoms with Crippen LogP contribution in [0.3, 0.4) is 0 Å². The molecule has 1 aromatic carbocycles. The summed E-state index contributed by atoms with van der Waals surface area (Å²) < 4.78 is 12.8. The molecule has 8 heteroatoms. The van der Waals surface area contributed by atoms with E-state index < -0.39 is 0 Å². The monoisotopic (exact) mass is 336 g/mol. The first kappa shape index (κ1) is 15.8. The van der Waals surface area contributed by atoms with Crippen LogP contribution in [-0.4, -0.2) is 52.4 Å². The fraction of sp³-hybridized carbons (Fsp3) is 0.400. The Labute approximate surface area is 138 Å². The van der Waals surface area contributed by atoms with Gasteiger partial charge in [0.05, 0.1) is 25.8 Å². The Bertz CT molecular complexity index is 718. The average molecular weight is 337 g/mol. The molecular formula is C15H17ClN4O3. The highest BCUT2D eigenvalue weighted by molar-refractivity contribution is 6.31. The molecule has 23 heavy (non-hydrogen) atoms. The van der Waals surface area contributed by atoms with E-state index in [9.17, 15) is 4.79 Å². The van der Waals surface area contributed by atoms with Gasteiger partial charge in [-0.1, -0.05) is 11.6 Å². The van der Waals surface area contributed by atoms with E-state index in [1.807, 2.05) is 7.05 Å². The van der Waals surface area contributed by atoms with Crippen LogP contribution in [0.4, 0.5) is 0 Å². The van der Waals surface area contributed by atoms with Crippen molar-refractivity contribution in [1.82, 2.24) is 19.7 Å². The molecule has 1 aliphatic rings. The van der Waals surface area contributed by atoms with Crippen molar-refractivity contribution in [1.29, 1.82) is 0 Å². The second kappa shape index (κ2) is 6.55. The number of morpholine rings is 1. The molecule has 1 saturated heterocycles. The van der Waals surface area contributed by atoms with E-state index in [4.69, 9.17) is 21.1 Å². The lowest BCUT2D eigenvalue weighted by atomic mass is 10.1. The number of carbonyl (C=O) groups excluding carboxylic acids is 1. The number of halogens is 1. The maximum atomic E-state index is 12.8. The smallest absolute Gasteiger partial charge is 0.257 e. The predicted molar refractivity (Wildman–Crippen MR) is 83.6 cm³/mol. The Hall–Kier alpha value is -2.12. The quantitative estimate of drug-likeness (QED) is 0.853. The van der Waals surface area contributed by atoms with Gasteiger partial charge in [-0.25, -0.2) is 0 Å². The number of hydrogen-bond donors (Lipinski definition) is 0. The van der Waals surface area contributed by atoms with E-state index in [1.54, 1.807) is 34.0 Å². The van der Waals surface area contributed by atoms with Gasteiger partial charge < -0.3 is 18.9 Å². The number of amides is 1. The second-order valence-electron chi connectivity index (χ2n) is 5.26. The third-order valence-corrected chi connectivity index (χ3v) is 4.02. The van der Waals surface area contributed by atoms with Crippen LogP contribution in [0.1, 0.15) is 22.3 Å². The average Bonchev–Trinajstić information content (AvgIpc) is 3.00. The maximum Gasteiger partial charge on any atom is 0.257 e. The van der Waals surface area contributed by atoms with Gasteiger partial charge in [-0.3, -0.25) is 4.79 Å². The van der Waals surface area contributed by atoms with Crippen molar-refractivity contribution in [2.24, 2.45) is 7.05 Å². The molecule has 0 radical (unpaired) electrons. The summed E-state index contributed by atoms with van der Waals surface area (Å²) in [6.07, 6.45) is 1.31. The zero-order valence-electron chi connectivity index (χ0n) is 12.9. The van der Waals surface area contributed by atoms with Crippen molar-refractivity contribution in [3.05, 3.63) is 40.9 Å². The molecule has 1 aliphatic heterocycles. The summed E-state index contributed by atoms with van der Waals surface area (Å²) in [6, 6.07) is 5.00. The van der Waals surface area contributed by atoms with Crippen molar-refractivity contribution < 1.29 is 14.3 Å². The minimum atomic E-state index is -0.301. The van der Waals surface area contributed by atoms with Crippen LogP contribution in [0.15, 0.2) is 24.5 Å². The third kappa shape index (κ3) is 3.16. The molecule has 0 saturated carbocycles. The highest BCUT2D eigenvalue weighted by Gasteiger charge is 2.30. The number of hydrogen-bond acceptors (Lipinski definition) is 5. The first-order chi connectivity index (χ1) is 11.1. The Morgan fingerprint density at radius 1 is 1.48 bits per heavy atom. The van der Waals surface area contributed by atoms with Gasteiger partial charge in [-0.15, -0.1) is 10.2 Å². The number of aryl methyl sites for hydroxylation is 1. The van der Waals surface area contributed by atoms with E-state index in [-0.39, 0.29) is 12.0 Å². The highest BCUT2D eigenvalue weighted by atomic mass is 35.5. The summed E-state index contributed by atoms with van der Waals surface area (Å²) in [7, 11) is 3.38. The van der Waals surface area contributed by atoms with Crippen LogP contribution in [0.25, 0.3) is 0 Å². The standard InChI is InChI=1S/C15H17ClN4O3/c1-19-9-17-18-14(19)13-8-20(5-6-23-13)15(21)11-7-10(16)3-4-12(11)22-2/h3-4,7,9,13H,5-6,8H2,1-2H3. The number of benzene rings is 1. The minimum absolute atomic E-state index is 0.139. The van der Waals surface area contributed by atoms with Gasteiger partial charge in [0, 0.05) is 18.6 Å². The van der Waals surface area contributed by atoms with E-state index >= 15 is 0 Å². The fourth-order valence-corrected chi connectivity index (χ4v) is 2.76. The number of carbonyl (C=O) groups is 1. The topological polar surface area (TPSA) is 69.5 Å². The van der Waals surface area contributed by atoms with Gasteiger partial charge >= 0.3 is 0 Å². The third-order valence-electron chi connectivity index (χ3n) is 3.78. The zero-order chi connectivity index (χ0) is 16.4. The van der Waals surface area contributed by atoms with Crippen LogP contribution >= 0.6 is 11.6 Å². The Kier molecular flexibility index (Phi) is 4.49. The summed E-state index contributed by atoms with van der Waals surface area (Å²) in [4.78, 5) is 14.5. The lowest BCUT2D eigenvalue weighted by Crippen LogP contribution is -2.43. The lowest BCUT2D eigenvalue weighted by molar-refractivity contribution is -0.0281. The molecule has 0 N–H and O–H groups in total. The maximum absolute atomic E-state index is 12.8. The largest absolute Gasteiger partial charge is 0.496 e. The molecule has 0 aliphatic carbocycles. The van der Waals surface area contributed by atoms with Gasteiger partial charge in [0.1, 0.15) is 18.2 Å². The molecular weight excluding hydrogens is 320 g/mol. The summed E-state index contributed by atoms with van der Waals surface area (Å²) in [5, 5.41) is 8.41. The zero-order valence-corrected chi connectivity index (χ0v) is 13.7. The molecule has 0 bridgehead atoms. The van der Waals surface area contributed by atoms with E-state index in [0.717, 1.165) is 0 Å². The fourth-order valence-electron chi connectivity index (χ4n) is 2.59. The normalized spacial score (nSPS) is 18.0. The second-order valence-corrected chi connectivity index (χ2v) is 5.69. The number of rotatable bonds is 3. The van der Waals surface area contributed by atoms with Gasteiger partial charge in [0.25, 0.3) is 5.91 Å². The van der Waals surface area contributed by atoms with Crippen LogP contribution in [0, 0.1) is 0 Å². The van der Waals surface area contributed by atoms with Crippen LogP contribution < -0.4 is 4.74 Å². The Morgan fingerprint density at radius 3 is 3.00 bits per heavy atom. The molecule has 2 heterocycles. The molecule has 7 nitrogen and oxygen atoms in total. The molecule has 122 valence electrons. The Balaban J connectivity index is 1.83. The van der Waals surface area contributed by atoms with Crippen LogP contribution in [-0.2, 0) is 11.8 Å². The van der Waals surface area contributed by atoms with Gasteiger partial charge in [-0.2, -0.15) is 0 Å². The lowest BCUT2D eigenvalue weighted by Gasteiger charge is -2.32. The van der Waals surface area contributed by atoms with E-state index in [0.29, 0.717) is 41.9 Å². The van der Waals surface area contributed by atoms with Crippen molar-refractivity contribution in [2.75, 3.05) is 26.8 Å². The molecule has 1 aromatic heterocycles. The summed E-state index contributed by atoms with van der Waals surface area (Å²) >= 11 is 6.01. The molecule has 1 unspecified atom stereocenters. The van der Waals surface area contributed by atoms with Crippen molar-refractivity contribution in [3.63, 3.8) is 0 Å². The summed E-state index contributed by atoms with van der Waals surface area (Å²) in [5.74, 6) is 1.06. The highest BCUT2D eigenvalue weighted by Crippen LogP contribution is 2.27. The van der Waals surface area contributed by atoms with Crippen LogP contribution in [0.2, 0.25) is 5.02 Å². The van der Waals surface area contributed by atoms with Crippen molar-refractivity contribution in [2.45, 2.75) is 6.10 Å². The van der Waals surface area contributed by atoms with Crippen LogP contribution in [0.5, 0.6) is 5.75 Å². The molecule has 1 fully saturated rings. The molecule has 1 amide bonds.